The van der Waals surface area contributed by atoms with Gasteiger partial charge in [0.05, 0.1) is 11.6 Å². The molecule has 154 valence electrons. The van der Waals surface area contributed by atoms with Gasteiger partial charge in [0, 0.05) is 37.3 Å². The van der Waals surface area contributed by atoms with Gasteiger partial charge < -0.3 is 20.3 Å². The van der Waals surface area contributed by atoms with Crippen LogP contribution < -0.4 is 20.3 Å². The first-order valence-electron chi connectivity index (χ1n) is 9.53. The van der Waals surface area contributed by atoms with Crippen LogP contribution in [0.5, 0.6) is 5.75 Å². The first-order valence-corrected chi connectivity index (χ1v) is 9.90. The predicted molar refractivity (Wildman–Crippen MR) is 116 cm³/mol. The molecule has 1 aromatic heterocycles. The molecule has 1 aliphatic heterocycles. The molecule has 3 aromatic rings. The second-order valence-electron chi connectivity index (χ2n) is 6.91. The Kier molecular flexibility index (Phi) is 5.94. The summed E-state index contributed by atoms with van der Waals surface area (Å²) in [7, 11) is 1.60. The predicted octanol–water partition coefficient (Wildman–Crippen LogP) is 3.14. The van der Waals surface area contributed by atoms with Crippen LogP contribution in [0.4, 0.5) is 17.6 Å². The van der Waals surface area contributed by atoms with Gasteiger partial charge in [0.15, 0.2) is 0 Å². The number of hydrogen-bond donors (Lipinski definition) is 2. The minimum absolute atomic E-state index is 0.152. The molecule has 0 bridgehead atoms. The molecule has 0 aliphatic carbocycles. The Morgan fingerprint density at radius 3 is 2.83 bits per heavy atom. The highest BCUT2D eigenvalue weighted by Gasteiger charge is 2.29. The van der Waals surface area contributed by atoms with E-state index in [2.05, 4.69) is 30.5 Å². The fourth-order valence-corrected chi connectivity index (χ4v) is 3.31. The number of nitrogens with one attached hydrogen (secondary N) is 2. The molecule has 1 saturated heterocycles. The van der Waals surface area contributed by atoms with Crippen LogP contribution >= 0.6 is 11.6 Å². The summed E-state index contributed by atoms with van der Waals surface area (Å²) in [6.07, 6.45) is 1.47. The molecule has 0 spiro atoms. The van der Waals surface area contributed by atoms with Gasteiger partial charge in [-0.05, 0) is 30.3 Å². The van der Waals surface area contributed by atoms with Crippen LogP contribution in [0, 0.1) is 5.92 Å². The zero-order chi connectivity index (χ0) is 20.9. The first kappa shape index (κ1) is 19.9. The quantitative estimate of drug-likeness (QED) is 0.601. The smallest absolute Gasteiger partial charge is 0.251 e. The Labute approximate surface area is 179 Å². The maximum Gasteiger partial charge on any atom is 0.251 e. The molecule has 1 amide bonds. The summed E-state index contributed by atoms with van der Waals surface area (Å²) in [5, 5.41) is 6.34. The molecule has 0 unspecified atom stereocenters. The minimum atomic E-state index is -0.152. The van der Waals surface area contributed by atoms with E-state index in [4.69, 9.17) is 16.3 Å². The van der Waals surface area contributed by atoms with Crippen molar-refractivity contribution in [3.8, 4) is 5.75 Å². The number of amides is 1. The van der Waals surface area contributed by atoms with E-state index in [1.165, 1.54) is 6.33 Å². The lowest BCUT2D eigenvalue weighted by Gasteiger charge is -2.38. The molecular formula is C21H21ClN6O2. The molecule has 30 heavy (non-hydrogen) atoms. The van der Waals surface area contributed by atoms with E-state index in [-0.39, 0.29) is 5.91 Å². The van der Waals surface area contributed by atoms with Crippen molar-refractivity contribution in [2.75, 3.05) is 37.0 Å². The van der Waals surface area contributed by atoms with E-state index in [0.717, 1.165) is 18.8 Å². The second-order valence-corrected chi connectivity index (χ2v) is 7.31. The number of carbonyl (C=O) groups excluding carboxylic acids is 1. The average molecular weight is 425 g/mol. The summed E-state index contributed by atoms with van der Waals surface area (Å²) in [6.45, 7) is 2.17. The lowest BCUT2D eigenvalue weighted by molar-refractivity contribution is 0.0963. The summed E-state index contributed by atoms with van der Waals surface area (Å²) in [5.41, 5.74) is 1.28. The molecule has 0 saturated carbocycles. The number of para-hydroxylation sites is 1. The molecule has 0 radical (unpaired) electrons. The van der Waals surface area contributed by atoms with Gasteiger partial charge in [-0.2, -0.15) is 4.98 Å². The molecule has 4 rings (SSSR count). The third-order valence-corrected chi connectivity index (χ3v) is 5.03. The lowest BCUT2D eigenvalue weighted by Crippen LogP contribution is -2.50. The van der Waals surface area contributed by atoms with E-state index in [0.29, 0.717) is 40.8 Å². The normalized spacial score (nSPS) is 13.5. The van der Waals surface area contributed by atoms with Crippen LogP contribution in [0.25, 0.3) is 0 Å². The monoisotopic (exact) mass is 424 g/mol. The number of nitrogens with zero attached hydrogens (tertiary/aromatic N) is 4. The summed E-state index contributed by atoms with van der Waals surface area (Å²) in [4.78, 5) is 26.8. The molecule has 8 nitrogen and oxygen atoms in total. The third kappa shape index (κ3) is 4.60. The van der Waals surface area contributed by atoms with Crippen molar-refractivity contribution in [1.82, 2.24) is 20.3 Å². The van der Waals surface area contributed by atoms with E-state index in [9.17, 15) is 4.79 Å². The number of hydrogen-bond acceptors (Lipinski definition) is 7. The highest BCUT2D eigenvalue weighted by molar-refractivity contribution is 6.32. The third-order valence-electron chi connectivity index (χ3n) is 4.72. The van der Waals surface area contributed by atoms with Crippen LogP contribution in [0.15, 0.2) is 54.9 Å². The topological polar surface area (TPSA) is 92.3 Å². The molecule has 2 N–H and O–H groups in total. The number of rotatable bonds is 7. The van der Waals surface area contributed by atoms with Crippen LogP contribution in [-0.2, 0) is 0 Å². The maximum atomic E-state index is 11.8. The van der Waals surface area contributed by atoms with Gasteiger partial charge in [-0.25, -0.2) is 9.97 Å². The molecular weight excluding hydrogens is 404 g/mol. The Balaban J connectivity index is 1.33. The number of halogens is 1. The van der Waals surface area contributed by atoms with Crippen molar-refractivity contribution in [2.45, 2.75) is 0 Å². The number of benzene rings is 2. The zero-order valence-electron chi connectivity index (χ0n) is 16.4. The Morgan fingerprint density at radius 2 is 2.03 bits per heavy atom. The van der Waals surface area contributed by atoms with Crippen LogP contribution in [0.2, 0.25) is 5.02 Å². The molecule has 2 heterocycles. The van der Waals surface area contributed by atoms with Crippen molar-refractivity contribution >= 4 is 35.1 Å². The number of aromatic nitrogens is 3. The fraction of sp³-hybridized carbons (Fsp3) is 0.238. The largest absolute Gasteiger partial charge is 0.492 e. The fourth-order valence-electron chi connectivity index (χ4n) is 3.12. The maximum absolute atomic E-state index is 11.8. The first-order chi connectivity index (χ1) is 14.6. The van der Waals surface area contributed by atoms with E-state index in [1.54, 1.807) is 25.2 Å². The number of anilines is 3. The van der Waals surface area contributed by atoms with Crippen molar-refractivity contribution in [2.24, 2.45) is 5.92 Å². The van der Waals surface area contributed by atoms with Crippen molar-refractivity contribution in [3.63, 3.8) is 0 Å². The number of carbonyl (C=O) groups is 1. The van der Waals surface area contributed by atoms with Gasteiger partial charge in [0.1, 0.15) is 12.1 Å². The average Bonchev–Trinajstić information content (AvgIpc) is 2.74. The van der Waals surface area contributed by atoms with E-state index in [1.807, 2.05) is 30.3 Å². The second kappa shape index (κ2) is 8.96. The highest BCUT2D eigenvalue weighted by Crippen LogP contribution is 2.26. The Bertz CT molecular complexity index is 1040. The van der Waals surface area contributed by atoms with Crippen LogP contribution in [-0.4, -0.2) is 47.6 Å². The number of ether oxygens (including phenoxy) is 1. The summed E-state index contributed by atoms with van der Waals surface area (Å²) >= 11 is 6.12. The van der Waals surface area contributed by atoms with Crippen molar-refractivity contribution < 1.29 is 9.53 Å². The molecule has 1 aliphatic rings. The SMILES string of the molecule is CNC(=O)c1cccc(Nc2ncnc(N3CC(COc4ccccc4Cl)C3)n2)c1. The van der Waals surface area contributed by atoms with Gasteiger partial charge in [-0.1, -0.05) is 29.8 Å². The van der Waals surface area contributed by atoms with Gasteiger partial charge in [-0.15, -0.1) is 0 Å². The zero-order valence-corrected chi connectivity index (χ0v) is 17.1. The standard InChI is InChI=1S/C21H21ClN6O2/c1-23-19(29)15-5-4-6-16(9-15)26-20-24-13-25-21(27-20)28-10-14(11-28)12-30-18-8-3-2-7-17(18)22/h2-9,13-14H,10-12H2,1H3,(H,23,29)(H,24,25,26,27). The van der Waals surface area contributed by atoms with Gasteiger partial charge in [0.25, 0.3) is 5.91 Å². The van der Waals surface area contributed by atoms with Gasteiger partial charge in [0.2, 0.25) is 11.9 Å². The lowest BCUT2D eigenvalue weighted by atomic mass is 10.0. The summed E-state index contributed by atoms with van der Waals surface area (Å²) in [5.74, 6) is 1.94. The molecule has 9 heteroatoms. The van der Waals surface area contributed by atoms with E-state index >= 15 is 0 Å². The minimum Gasteiger partial charge on any atom is -0.492 e. The van der Waals surface area contributed by atoms with E-state index < -0.39 is 0 Å². The van der Waals surface area contributed by atoms with Gasteiger partial charge in [-0.3, -0.25) is 4.79 Å². The van der Waals surface area contributed by atoms with Crippen molar-refractivity contribution in [3.05, 3.63) is 65.4 Å². The molecule has 0 atom stereocenters. The summed E-state index contributed by atoms with van der Waals surface area (Å²) in [6, 6.07) is 14.6. The van der Waals surface area contributed by atoms with Crippen LogP contribution in [0.3, 0.4) is 0 Å². The highest BCUT2D eigenvalue weighted by atomic mass is 35.5. The molecule has 1 fully saturated rings. The Morgan fingerprint density at radius 1 is 1.20 bits per heavy atom. The Hall–Kier alpha value is -3.39. The molecule has 2 aromatic carbocycles. The van der Waals surface area contributed by atoms with Crippen molar-refractivity contribution in [1.29, 1.82) is 0 Å². The van der Waals surface area contributed by atoms with Crippen LogP contribution in [0.1, 0.15) is 10.4 Å². The summed E-state index contributed by atoms with van der Waals surface area (Å²) < 4.78 is 5.81. The van der Waals surface area contributed by atoms with Gasteiger partial charge >= 0.3 is 0 Å².